The smallest absolute Gasteiger partial charge is 0.170 e. The summed E-state index contributed by atoms with van der Waals surface area (Å²) in [6.07, 6.45) is 6.37. The van der Waals surface area contributed by atoms with Crippen LogP contribution in [0.3, 0.4) is 0 Å². The van der Waals surface area contributed by atoms with E-state index in [-0.39, 0.29) is 0 Å². The zero-order chi connectivity index (χ0) is 10.1. The van der Waals surface area contributed by atoms with Gasteiger partial charge >= 0.3 is 0 Å². The summed E-state index contributed by atoms with van der Waals surface area (Å²) in [5.41, 5.74) is 3.08. The van der Waals surface area contributed by atoms with Gasteiger partial charge in [0.05, 0.1) is 0 Å². The molecule has 2 nitrogen and oxygen atoms in total. The monoisotopic (exact) mass is 194 g/mol. The summed E-state index contributed by atoms with van der Waals surface area (Å²) in [6, 6.07) is 11.8. The molecule has 71 valence electrons. The van der Waals surface area contributed by atoms with E-state index in [1.165, 1.54) is 0 Å². The SMILES string of the molecule is [c]1cc2c(-c3cccnc3)cccc2o1. The highest BCUT2D eigenvalue weighted by Crippen LogP contribution is 2.28. The molecule has 0 aliphatic carbocycles. The Hall–Kier alpha value is -2.09. The molecule has 2 aromatic heterocycles. The Morgan fingerprint density at radius 1 is 1.13 bits per heavy atom. The summed E-state index contributed by atoms with van der Waals surface area (Å²) in [5, 5.41) is 1.07. The standard InChI is InChI=1S/C13H8NO/c1-4-11(10-3-2-7-14-9-10)12-6-8-15-13(12)5-1/h1-7,9H. The van der Waals surface area contributed by atoms with Gasteiger partial charge < -0.3 is 4.42 Å². The Kier molecular flexibility index (Phi) is 1.78. The molecule has 0 aliphatic rings. The molecule has 0 fully saturated rings. The molecule has 0 saturated heterocycles. The lowest BCUT2D eigenvalue weighted by atomic mass is 10.0. The zero-order valence-electron chi connectivity index (χ0n) is 7.97. The quantitative estimate of drug-likeness (QED) is 0.594. The van der Waals surface area contributed by atoms with Crippen LogP contribution in [0.5, 0.6) is 0 Å². The third-order valence-corrected chi connectivity index (χ3v) is 2.41. The largest absolute Gasteiger partial charge is 0.453 e. The maximum Gasteiger partial charge on any atom is 0.170 e. The van der Waals surface area contributed by atoms with Crippen LogP contribution in [0.15, 0.2) is 53.2 Å². The van der Waals surface area contributed by atoms with Gasteiger partial charge in [0.25, 0.3) is 0 Å². The fourth-order valence-corrected chi connectivity index (χ4v) is 1.71. The van der Waals surface area contributed by atoms with Crippen LogP contribution in [0.25, 0.3) is 22.1 Å². The molecule has 1 aromatic carbocycles. The number of hydrogen-bond acceptors (Lipinski definition) is 2. The molecule has 0 bridgehead atoms. The van der Waals surface area contributed by atoms with Crippen molar-refractivity contribution in [2.75, 3.05) is 0 Å². The summed E-state index contributed by atoms with van der Waals surface area (Å²) in [5.74, 6) is 0. The Balaban J connectivity index is 2.31. The van der Waals surface area contributed by atoms with Crippen LogP contribution < -0.4 is 0 Å². The van der Waals surface area contributed by atoms with E-state index >= 15 is 0 Å². The van der Waals surface area contributed by atoms with Crippen LogP contribution in [-0.2, 0) is 0 Å². The number of rotatable bonds is 1. The van der Waals surface area contributed by atoms with Crippen molar-refractivity contribution in [1.82, 2.24) is 4.98 Å². The Bertz CT molecular complexity index is 584. The second-order valence-corrected chi connectivity index (χ2v) is 3.32. The highest BCUT2D eigenvalue weighted by atomic mass is 16.3. The lowest BCUT2D eigenvalue weighted by Gasteiger charge is -2.01. The highest BCUT2D eigenvalue weighted by molar-refractivity contribution is 5.93. The summed E-state index contributed by atoms with van der Waals surface area (Å²) in [6.45, 7) is 0. The van der Waals surface area contributed by atoms with E-state index in [0.29, 0.717) is 0 Å². The number of furan rings is 1. The van der Waals surface area contributed by atoms with Gasteiger partial charge in [0.15, 0.2) is 6.26 Å². The van der Waals surface area contributed by atoms with Gasteiger partial charge in [-0.2, -0.15) is 0 Å². The van der Waals surface area contributed by atoms with Gasteiger partial charge in [-0.15, -0.1) is 0 Å². The van der Waals surface area contributed by atoms with Crippen LogP contribution in [0.4, 0.5) is 0 Å². The van der Waals surface area contributed by atoms with E-state index in [9.17, 15) is 0 Å². The van der Waals surface area contributed by atoms with Crippen molar-refractivity contribution >= 4 is 11.0 Å². The molecule has 3 rings (SSSR count). The van der Waals surface area contributed by atoms with Gasteiger partial charge in [0.1, 0.15) is 5.58 Å². The van der Waals surface area contributed by atoms with Gasteiger partial charge in [-0.25, -0.2) is 0 Å². The molecule has 0 saturated carbocycles. The molecule has 0 N–H and O–H groups in total. The van der Waals surface area contributed by atoms with Gasteiger partial charge in [-0.05, 0) is 23.8 Å². The summed E-state index contributed by atoms with van der Waals surface area (Å²) in [4.78, 5) is 4.11. The summed E-state index contributed by atoms with van der Waals surface area (Å²) >= 11 is 0. The lowest BCUT2D eigenvalue weighted by Crippen LogP contribution is -1.79. The number of fused-ring (bicyclic) bond motifs is 1. The third kappa shape index (κ3) is 1.31. The van der Waals surface area contributed by atoms with Crippen LogP contribution >= 0.6 is 0 Å². The molecule has 0 unspecified atom stereocenters. The minimum absolute atomic E-state index is 0.858. The lowest BCUT2D eigenvalue weighted by molar-refractivity contribution is 0.606. The Morgan fingerprint density at radius 3 is 3.00 bits per heavy atom. The van der Waals surface area contributed by atoms with Gasteiger partial charge in [-0.1, -0.05) is 18.2 Å². The van der Waals surface area contributed by atoms with E-state index in [0.717, 1.165) is 22.1 Å². The van der Waals surface area contributed by atoms with Crippen LogP contribution in [0.1, 0.15) is 0 Å². The van der Waals surface area contributed by atoms with E-state index < -0.39 is 0 Å². The molecule has 0 aliphatic heterocycles. The minimum atomic E-state index is 0.858. The van der Waals surface area contributed by atoms with Crippen molar-refractivity contribution in [3.63, 3.8) is 0 Å². The van der Waals surface area contributed by atoms with Crippen molar-refractivity contribution in [2.24, 2.45) is 0 Å². The molecule has 1 radical (unpaired) electrons. The predicted molar refractivity (Wildman–Crippen MR) is 58.3 cm³/mol. The Labute approximate surface area is 87.2 Å². The van der Waals surface area contributed by atoms with Gasteiger partial charge in [-0.3, -0.25) is 4.98 Å². The average Bonchev–Trinajstić information content (AvgIpc) is 2.78. The van der Waals surface area contributed by atoms with Gasteiger partial charge in [0.2, 0.25) is 0 Å². The number of hydrogen-bond donors (Lipinski definition) is 0. The van der Waals surface area contributed by atoms with Crippen LogP contribution in [0, 0.1) is 6.26 Å². The van der Waals surface area contributed by atoms with Crippen molar-refractivity contribution in [3.05, 3.63) is 55.1 Å². The second kappa shape index (κ2) is 3.24. The maximum absolute atomic E-state index is 5.23. The minimum Gasteiger partial charge on any atom is -0.453 e. The molecule has 0 atom stereocenters. The first-order valence-corrected chi connectivity index (χ1v) is 4.74. The first-order valence-electron chi connectivity index (χ1n) is 4.74. The molecular formula is C13H8NO. The topological polar surface area (TPSA) is 26.0 Å². The molecular weight excluding hydrogens is 186 g/mol. The fraction of sp³-hybridized carbons (Fsp3) is 0. The van der Waals surface area contributed by atoms with Crippen LogP contribution in [0.2, 0.25) is 0 Å². The average molecular weight is 194 g/mol. The Morgan fingerprint density at radius 2 is 2.13 bits per heavy atom. The first-order chi connectivity index (χ1) is 7.45. The predicted octanol–water partition coefficient (Wildman–Crippen LogP) is 3.29. The maximum atomic E-state index is 5.23. The number of pyridine rings is 1. The molecule has 3 aromatic rings. The van der Waals surface area contributed by atoms with E-state index in [4.69, 9.17) is 4.42 Å². The molecule has 0 spiro atoms. The summed E-state index contributed by atoms with van der Waals surface area (Å²) in [7, 11) is 0. The number of aromatic nitrogens is 1. The third-order valence-electron chi connectivity index (χ3n) is 2.41. The van der Waals surface area contributed by atoms with E-state index in [2.05, 4.69) is 17.3 Å². The van der Waals surface area contributed by atoms with E-state index in [1.54, 1.807) is 6.20 Å². The second-order valence-electron chi connectivity index (χ2n) is 3.32. The zero-order valence-corrected chi connectivity index (χ0v) is 7.97. The molecule has 15 heavy (non-hydrogen) atoms. The normalized spacial score (nSPS) is 10.7. The fourth-order valence-electron chi connectivity index (χ4n) is 1.71. The van der Waals surface area contributed by atoms with Crippen molar-refractivity contribution in [2.45, 2.75) is 0 Å². The molecule has 2 heteroatoms. The van der Waals surface area contributed by atoms with Crippen LogP contribution in [-0.4, -0.2) is 4.98 Å². The number of nitrogens with zero attached hydrogens (tertiary/aromatic N) is 1. The van der Waals surface area contributed by atoms with E-state index in [1.807, 2.05) is 36.5 Å². The van der Waals surface area contributed by atoms with Crippen molar-refractivity contribution < 1.29 is 4.42 Å². The molecule has 2 heterocycles. The molecule has 0 amide bonds. The number of benzene rings is 1. The van der Waals surface area contributed by atoms with Crippen molar-refractivity contribution in [1.29, 1.82) is 0 Å². The summed E-state index contributed by atoms with van der Waals surface area (Å²) < 4.78 is 5.23. The first kappa shape index (κ1) is 8.24. The van der Waals surface area contributed by atoms with Gasteiger partial charge in [0, 0.05) is 23.3 Å². The van der Waals surface area contributed by atoms with Crippen molar-refractivity contribution in [3.8, 4) is 11.1 Å². The highest BCUT2D eigenvalue weighted by Gasteiger charge is 2.04.